The second-order valence-electron chi connectivity index (χ2n) is 4.58. The monoisotopic (exact) mass is 250 g/mol. The molecule has 0 bridgehead atoms. The zero-order valence-electron chi connectivity index (χ0n) is 9.91. The van der Waals surface area contributed by atoms with E-state index in [4.69, 9.17) is 4.74 Å². The average Bonchev–Trinajstić information content (AvgIpc) is 2.93. The predicted octanol–water partition coefficient (Wildman–Crippen LogP) is 0.0355. The molecule has 0 spiro atoms. The Bertz CT molecular complexity index is 620. The van der Waals surface area contributed by atoms with E-state index in [1.807, 2.05) is 6.92 Å². The van der Waals surface area contributed by atoms with Gasteiger partial charge in [-0.2, -0.15) is 0 Å². The molecule has 1 fully saturated rings. The summed E-state index contributed by atoms with van der Waals surface area (Å²) in [5.41, 5.74) is 0.555. The third kappa shape index (κ3) is 1.63. The van der Waals surface area contributed by atoms with Gasteiger partial charge in [0.1, 0.15) is 6.23 Å². The van der Waals surface area contributed by atoms with Crippen LogP contribution in [0.15, 0.2) is 17.4 Å². The van der Waals surface area contributed by atoms with Gasteiger partial charge in [0.2, 0.25) is 0 Å². The highest BCUT2D eigenvalue weighted by Crippen LogP contribution is 2.33. The van der Waals surface area contributed by atoms with Crippen molar-refractivity contribution in [2.45, 2.75) is 25.7 Å². The molecule has 0 saturated carbocycles. The van der Waals surface area contributed by atoms with Gasteiger partial charge in [-0.15, -0.1) is 0 Å². The van der Waals surface area contributed by atoms with Crippen molar-refractivity contribution in [1.82, 2.24) is 19.5 Å². The lowest BCUT2D eigenvalue weighted by atomic mass is 10.0. The fourth-order valence-corrected chi connectivity index (χ4v) is 2.34. The molecule has 3 atom stereocenters. The van der Waals surface area contributed by atoms with Crippen molar-refractivity contribution in [3.8, 4) is 0 Å². The van der Waals surface area contributed by atoms with Gasteiger partial charge in [-0.25, -0.2) is 9.97 Å². The van der Waals surface area contributed by atoms with Crippen LogP contribution in [0.2, 0.25) is 0 Å². The molecule has 1 saturated heterocycles. The third-order valence-corrected chi connectivity index (χ3v) is 3.40. The summed E-state index contributed by atoms with van der Waals surface area (Å²) in [4.78, 5) is 22.2. The molecule has 7 heteroatoms. The van der Waals surface area contributed by atoms with Gasteiger partial charge < -0.3 is 14.8 Å². The Balaban J connectivity index is 2.01. The molecule has 2 unspecified atom stereocenters. The standard InChI is InChI=1S/C11H14N4O3/c1-6-2-8(18-7(6)3-16)15-5-14-9-10(15)12-4-13-11(9)17/h4-8,16H,2-3H2,1H3,(H,12,13,17)/t6-,7?,8?/m0/s1. The normalized spacial score (nSPS) is 28.0. The summed E-state index contributed by atoms with van der Waals surface area (Å²) in [6, 6.07) is 0. The number of rotatable bonds is 2. The predicted molar refractivity (Wildman–Crippen MR) is 62.9 cm³/mol. The van der Waals surface area contributed by atoms with Gasteiger partial charge in [0.15, 0.2) is 11.2 Å². The summed E-state index contributed by atoms with van der Waals surface area (Å²) < 4.78 is 7.48. The maximum atomic E-state index is 11.5. The van der Waals surface area contributed by atoms with Crippen LogP contribution in [0.4, 0.5) is 0 Å². The van der Waals surface area contributed by atoms with Crippen LogP contribution in [0.5, 0.6) is 0 Å². The number of fused-ring (bicyclic) bond motifs is 1. The van der Waals surface area contributed by atoms with Gasteiger partial charge >= 0.3 is 0 Å². The highest BCUT2D eigenvalue weighted by Gasteiger charge is 2.33. The lowest BCUT2D eigenvalue weighted by Crippen LogP contribution is -2.18. The number of hydrogen-bond donors (Lipinski definition) is 2. The van der Waals surface area contributed by atoms with Crippen LogP contribution in [-0.4, -0.2) is 37.3 Å². The van der Waals surface area contributed by atoms with Crippen molar-refractivity contribution >= 4 is 11.2 Å². The quantitative estimate of drug-likeness (QED) is 0.784. The van der Waals surface area contributed by atoms with Crippen LogP contribution in [0.25, 0.3) is 11.2 Å². The van der Waals surface area contributed by atoms with E-state index < -0.39 is 0 Å². The molecule has 18 heavy (non-hydrogen) atoms. The Kier molecular flexibility index (Phi) is 2.64. The Morgan fingerprint density at radius 2 is 2.44 bits per heavy atom. The minimum absolute atomic E-state index is 0.00168. The van der Waals surface area contributed by atoms with Gasteiger partial charge in [0.05, 0.1) is 25.4 Å². The lowest BCUT2D eigenvalue weighted by Gasteiger charge is -2.13. The Hall–Kier alpha value is -1.73. The number of aliphatic hydroxyl groups excluding tert-OH is 1. The molecule has 0 aromatic carbocycles. The molecular formula is C11H14N4O3. The summed E-state index contributed by atoms with van der Waals surface area (Å²) in [6.45, 7) is 2.03. The second kappa shape index (κ2) is 4.18. The van der Waals surface area contributed by atoms with E-state index in [-0.39, 0.29) is 30.4 Å². The minimum atomic E-state index is -0.261. The molecule has 0 radical (unpaired) electrons. The van der Waals surface area contributed by atoms with E-state index in [0.29, 0.717) is 11.2 Å². The molecular weight excluding hydrogens is 236 g/mol. The smallest absolute Gasteiger partial charge is 0.278 e. The molecule has 0 amide bonds. The summed E-state index contributed by atoms with van der Waals surface area (Å²) in [5.74, 6) is 0.263. The fourth-order valence-electron chi connectivity index (χ4n) is 2.34. The molecule has 2 aromatic rings. The molecule has 1 aliphatic heterocycles. The number of imidazole rings is 1. The molecule has 3 heterocycles. The number of hydrogen-bond acceptors (Lipinski definition) is 5. The van der Waals surface area contributed by atoms with Crippen molar-refractivity contribution < 1.29 is 9.84 Å². The first-order valence-electron chi connectivity index (χ1n) is 5.87. The molecule has 1 aliphatic rings. The molecule has 3 rings (SSSR count). The first-order chi connectivity index (χ1) is 8.70. The number of aliphatic hydroxyl groups is 1. The average molecular weight is 250 g/mol. The van der Waals surface area contributed by atoms with Gasteiger partial charge in [0.25, 0.3) is 5.56 Å². The summed E-state index contributed by atoms with van der Waals surface area (Å²) in [7, 11) is 0. The number of aromatic amines is 1. The van der Waals surface area contributed by atoms with E-state index >= 15 is 0 Å². The Morgan fingerprint density at radius 3 is 3.17 bits per heavy atom. The van der Waals surface area contributed by atoms with E-state index in [2.05, 4.69) is 15.0 Å². The number of H-pyrrole nitrogens is 1. The number of aromatic nitrogens is 4. The SMILES string of the molecule is C[C@H]1CC(n2cnc3c(=O)[nH]cnc32)OC1CO. The topological polar surface area (TPSA) is 93.0 Å². The van der Waals surface area contributed by atoms with Gasteiger partial charge in [-0.05, 0) is 12.3 Å². The number of ether oxygens (including phenoxy) is 1. The molecule has 7 nitrogen and oxygen atoms in total. The number of nitrogens with one attached hydrogen (secondary N) is 1. The summed E-state index contributed by atoms with van der Waals surface area (Å²) in [6.07, 6.45) is 3.28. The van der Waals surface area contributed by atoms with Gasteiger partial charge in [0, 0.05) is 0 Å². The Morgan fingerprint density at radius 1 is 1.61 bits per heavy atom. The van der Waals surface area contributed by atoms with Gasteiger partial charge in [-0.3, -0.25) is 9.36 Å². The van der Waals surface area contributed by atoms with Crippen LogP contribution < -0.4 is 5.56 Å². The van der Waals surface area contributed by atoms with Crippen molar-refractivity contribution in [1.29, 1.82) is 0 Å². The van der Waals surface area contributed by atoms with E-state index in [9.17, 15) is 9.90 Å². The van der Waals surface area contributed by atoms with Crippen LogP contribution in [0, 0.1) is 5.92 Å². The molecule has 96 valence electrons. The van der Waals surface area contributed by atoms with E-state index in [1.54, 1.807) is 10.9 Å². The van der Waals surface area contributed by atoms with Crippen LogP contribution >= 0.6 is 0 Å². The van der Waals surface area contributed by atoms with Crippen molar-refractivity contribution in [3.05, 3.63) is 23.0 Å². The molecule has 0 aliphatic carbocycles. The third-order valence-electron chi connectivity index (χ3n) is 3.40. The fraction of sp³-hybridized carbons (Fsp3) is 0.545. The lowest BCUT2D eigenvalue weighted by molar-refractivity contribution is -0.0277. The van der Waals surface area contributed by atoms with Crippen LogP contribution in [0.3, 0.4) is 0 Å². The van der Waals surface area contributed by atoms with Crippen molar-refractivity contribution in [2.75, 3.05) is 6.61 Å². The second-order valence-corrected chi connectivity index (χ2v) is 4.58. The Labute approximate surface area is 102 Å². The van der Waals surface area contributed by atoms with Crippen LogP contribution in [0.1, 0.15) is 19.6 Å². The minimum Gasteiger partial charge on any atom is -0.394 e. The maximum absolute atomic E-state index is 11.5. The number of nitrogens with zero attached hydrogens (tertiary/aromatic N) is 3. The molecule has 2 aromatic heterocycles. The molecule has 2 N–H and O–H groups in total. The summed E-state index contributed by atoms with van der Waals surface area (Å²) >= 11 is 0. The zero-order chi connectivity index (χ0) is 12.7. The van der Waals surface area contributed by atoms with Crippen LogP contribution in [-0.2, 0) is 4.74 Å². The van der Waals surface area contributed by atoms with Crippen molar-refractivity contribution in [2.24, 2.45) is 5.92 Å². The zero-order valence-corrected chi connectivity index (χ0v) is 9.91. The first kappa shape index (κ1) is 11.4. The highest BCUT2D eigenvalue weighted by atomic mass is 16.5. The van der Waals surface area contributed by atoms with Gasteiger partial charge in [-0.1, -0.05) is 6.92 Å². The van der Waals surface area contributed by atoms with E-state index in [1.165, 1.54) is 6.33 Å². The maximum Gasteiger partial charge on any atom is 0.278 e. The first-order valence-corrected chi connectivity index (χ1v) is 5.87. The van der Waals surface area contributed by atoms with Crippen molar-refractivity contribution in [3.63, 3.8) is 0 Å². The largest absolute Gasteiger partial charge is 0.394 e. The van der Waals surface area contributed by atoms with E-state index in [0.717, 1.165) is 6.42 Å². The summed E-state index contributed by atoms with van der Waals surface area (Å²) in [5, 5.41) is 9.19. The highest BCUT2D eigenvalue weighted by molar-refractivity contribution is 5.68.